The summed E-state index contributed by atoms with van der Waals surface area (Å²) in [6.45, 7) is 1.91. The topological polar surface area (TPSA) is 64.0 Å². The van der Waals surface area contributed by atoms with Gasteiger partial charge in [0.05, 0.1) is 23.3 Å². The monoisotopic (exact) mass is 347 g/mol. The van der Waals surface area contributed by atoms with Crippen LogP contribution in [0.1, 0.15) is 35.6 Å². The standard InChI is InChI=1S/C21H21N3O2/c1-14-9-10-18-17(11-14)21(26)24(13-22-18)12-20(25)23-19-8-4-6-15-5-2-3-7-16(15)19/h2-3,5,7,9-11,13,19H,4,6,8,12H2,1H3,(H,23,25)/t19-/m1/s1. The average Bonchev–Trinajstić information content (AvgIpc) is 2.65. The minimum atomic E-state index is -0.183. The number of hydrogen-bond acceptors (Lipinski definition) is 3. The van der Waals surface area contributed by atoms with Gasteiger partial charge in [-0.1, -0.05) is 35.9 Å². The van der Waals surface area contributed by atoms with Crippen molar-refractivity contribution in [1.82, 2.24) is 14.9 Å². The van der Waals surface area contributed by atoms with Crippen molar-refractivity contribution < 1.29 is 4.79 Å². The molecule has 1 aromatic heterocycles. The average molecular weight is 347 g/mol. The van der Waals surface area contributed by atoms with Gasteiger partial charge in [0.2, 0.25) is 5.91 Å². The van der Waals surface area contributed by atoms with Gasteiger partial charge in [0.1, 0.15) is 6.54 Å². The molecule has 5 nitrogen and oxygen atoms in total. The largest absolute Gasteiger partial charge is 0.348 e. The predicted octanol–water partition coefficient (Wildman–Crippen LogP) is 2.90. The third-order valence-corrected chi connectivity index (χ3v) is 5.00. The number of carbonyl (C=O) groups excluding carboxylic acids is 1. The fourth-order valence-corrected chi connectivity index (χ4v) is 3.68. The van der Waals surface area contributed by atoms with E-state index in [4.69, 9.17) is 0 Å². The quantitative estimate of drug-likeness (QED) is 0.792. The Labute approximate surface area is 151 Å². The third-order valence-electron chi connectivity index (χ3n) is 5.00. The maximum Gasteiger partial charge on any atom is 0.261 e. The molecule has 5 heteroatoms. The Bertz CT molecular complexity index is 1040. The van der Waals surface area contributed by atoms with Crippen LogP contribution < -0.4 is 10.9 Å². The number of hydrogen-bond donors (Lipinski definition) is 1. The highest BCUT2D eigenvalue weighted by Gasteiger charge is 2.21. The Hall–Kier alpha value is -2.95. The number of nitrogens with zero attached hydrogens (tertiary/aromatic N) is 2. The molecule has 1 atom stereocenters. The summed E-state index contributed by atoms with van der Waals surface area (Å²) in [5, 5.41) is 3.63. The predicted molar refractivity (Wildman–Crippen MR) is 101 cm³/mol. The maximum absolute atomic E-state index is 12.6. The molecule has 26 heavy (non-hydrogen) atoms. The fraction of sp³-hybridized carbons (Fsp3) is 0.286. The normalized spacial score (nSPS) is 16.3. The van der Waals surface area contributed by atoms with E-state index in [1.165, 1.54) is 22.0 Å². The van der Waals surface area contributed by atoms with Gasteiger partial charge < -0.3 is 5.32 Å². The highest BCUT2D eigenvalue weighted by molar-refractivity contribution is 5.79. The lowest BCUT2D eigenvalue weighted by Crippen LogP contribution is -2.36. The van der Waals surface area contributed by atoms with Crippen LogP contribution >= 0.6 is 0 Å². The van der Waals surface area contributed by atoms with Crippen LogP contribution in [0, 0.1) is 6.92 Å². The van der Waals surface area contributed by atoms with Crippen molar-refractivity contribution >= 4 is 16.8 Å². The van der Waals surface area contributed by atoms with E-state index in [1.54, 1.807) is 0 Å². The zero-order chi connectivity index (χ0) is 18.1. The lowest BCUT2D eigenvalue weighted by molar-refractivity contribution is -0.122. The molecule has 0 spiro atoms. The molecule has 0 unspecified atom stereocenters. The molecule has 0 bridgehead atoms. The van der Waals surface area contributed by atoms with Gasteiger partial charge in [-0.05, 0) is 49.4 Å². The Morgan fingerprint density at radius 1 is 1.27 bits per heavy atom. The van der Waals surface area contributed by atoms with E-state index in [-0.39, 0.29) is 24.1 Å². The van der Waals surface area contributed by atoms with Crippen molar-refractivity contribution in [1.29, 1.82) is 0 Å². The second-order valence-electron chi connectivity index (χ2n) is 6.91. The highest BCUT2D eigenvalue weighted by atomic mass is 16.2. The van der Waals surface area contributed by atoms with E-state index in [9.17, 15) is 9.59 Å². The van der Waals surface area contributed by atoms with Crippen LogP contribution in [-0.2, 0) is 17.8 Å². The molecule has 4 rings (SSSR count). The summed E-state index contributed by atoms with van der Waals surface area (Å²) in [4.78, 5) is 29.5. The molecule has 3 aromatic rings. The van der Waals surface area contributed by atoms with Gasteiger partial charge in [-0.2, -0.15) is 0 Å². The second-order valence-corrected chi connectivity index (χ2v) is 6.91. The molecule has 2 aromatic carbocycles. The molecule has 0 fully saturated rings. The van der Waals surface area contributed by atoms with Crippen molar-refractivity contribution in [2.45, 2.75) is 38.8 Å². The summed E-state index contributed by atoms with van der Waals surface area (Å²) in [5.74, 6) is -0.164. The number of rotatable bonds is 3. The first-order valence-corrected chi connectivity index (χ1v) is 8.95. The van der Waals surface area contributed by atoms with E-state index in [2.05, 4.69) is 22.4 Å². The van der Waals surface area contributed by atoms with Gasteiger partial charge in [-0.3, -0.25) is 14.2 Å². The molecule has 1 N–H and O–H groups in total. The lowest BCUT2D eigenvalue weighted by Gasteiger charge is -2.26. The highest BCUT2D eigenvalue weighted by Crippen LogP contribution is 2.29. The first kappa shape index (κ1) is 16.5. The summed E-state index contributed by atoms with van der Waals surface area (Å²) in [7, 11) is 0. The van der Waals surface area contributed by atoms with E-state index in [0.29, 0.717) is 10.9 Å². The van der Waals surface area contributed by atoms with Gasteiger partial charge in [-0.15, -0.1) is 0 Å². The number of amides is 1. The molecule has 0 saturated carbocycles. The summed E-state index contributed by atoms with van der Waals surface area (Å²) in [5.41, 5.74) is 3.95. The van der Waals surface area contributed by atoms with E-state index in [0.717, 1.165) is 24.8 Å². The molecule has 1 heterocycles. The number of nitrogens with one attached hydrogen (secondary N) is 1. The van der Waals surface area contributed by atoms with Gasteiger partial charge in [-0.25, -0.2) is 4.98 Å². The SMILES string of the molecule is Cc1ccc2ncn(CC(=O)N[C@@H]3CCCc4ccccc43)c(=O)c2c1. The number of aryl methyl sites for hydroxylation is 2. The van der Waals surface area contributed by atoms with Crippen molar-refractivity contribution in [3.63, 3.8) is 0 Å². The van der Waals surface area contributed by atoms with Gasteiger partial charge in [0.25, 0.3) is 5.56 Å². The molecule has 132 valence electrons. The van der Waals surface area contributed by atoms with Gasteiger partial charge in [0.15, 0.2) is 0 Å². The van der Waals surface area contributed by atoms with E-state index >= 15 is 0 Å². The molecule has 0 radical (unpaired) electrons. The van der Waals surface area contributed by atoms with Gasteiger partial charge in [0, 0.05) is 0 Å². The van der Waals surface area contributed by atoms with Crippen LogP contribution in [0.4, 0.5) is 0 Å². The molecule has 1 aliphatic carbocycles. The van der Waals surface area contributed by atoms with Crippen LogP contribution in [0.5, 0.6) is 0 Å². The molecule has 1 aliphatic rings. The number of carbonyl (C=O) groups is 1. The summed E-state index contributed by atoms with van der Waals surface area (Å²) < 4.78 is 1.38. The molecule has 0 saturated heterocycles. The van der Waals surface area contributed by atoms with Crippen LogP contribution in [-0.4, -0.2) is 15.5 Å². The van der Waals surface area contributed by atoms with Crippen LogP contribution in [0.15, 0.2) is 53.6 Å². The van der Waals surface area contributed by atoms with Crippen LogP contribution in [0.2, 0.25) is 0 Å². The Balaban J connectivity index is 1.55. The fourth-order valence-electron chi connectivity index (χ4n) is 3.68. The van der Waals surface area contributed by atoms with Crippen LogP contribution in [0.25, 0.3) is 10.9 Å². The van der Waals surface area contributed by atoms with Crippen molar-refractivity contribution in [3.05, 3.63) is 75.8 Å². The Morgan fingerprint density at radius 2 is 2.12 bits per heavy atom. The number of aromatic nitrogens is 2. The molecule has 0 aliphatic heterocycles. The van der Waals surface area contributed by atoms with Crippen LogP contribution in [0.3, 0.4) is 0 Å². The van der Waals surface area contributed by atoms with E-state index < -0.39 is 0 Å². The zero-order valence-electron chi connectivity index (χ0n) is 14.7. The van der Waals surface area contributed by atoms with Gasteiger partial charge >= 0.3 is 0 Å². The Kier molecular flexibility index (Phi) is 4.29. The maximum atomic E-state index is 12.6. The first-order chi connectivity index (χ1) is 12.6. The third kappa shape index (κ3) is 3.12. The summed E-state index contributed by atoms with van der Waals surface area (Å²) in [6.07, 6.45) is 4.48. The number of benzene rings is 2. The summed E-state index contributed by atoms with van der Waals surface area (Å²) in [6, 6.07) is 13.8. The minimum Gasteiger partial charge on any atom is -0.348 e. The zero-order valence-corrected chi connectivity index (χ0v) is 14.7. The van der Waals surface area contributed by atoms with E-state index in [1.807, 2.05) is 37.3 Å². The smallest absolute Gasteiger partial charge is 0.261 e. The molecular weight excluding hydrogens is 326 g/mol. The van der Waals surface area contributed by atoms with Crippen molar-refractivity contribution in [3.8, 4) is 0 Å². The lowest BCUT2D eigenvalue weighted by atomic mass is 9.88. The van der Waals surface area contributed by atoms with Crippen molar-refractivity contribution in [2.75, 3.05) is 0 Å². The second kappa shape index (κ2) is 6.75. The minimum absolute atomic E-state index is 0.0128. The first-order valence-electron chi connectivity index (χ1n) is 8.95. The summed E-state index contributed by atoms with van der Waals surface area (Å²) >= 11 is 0. The number of fused-ring (bicyclic) bond motifs is 2. The Morgan fingerprint density at radius 3 is 3.00 bits per heavy atom. The molecular formula is C21H21N3O2. The molecule has 1 amide bonds. The van der Waals surface area contributed by atoms with Crippen molar-refractivity contribution in [2.24, 2.45) is 0 Å².